The molecule has 158 valence electrons. The predicted molar refractivity (Wildman–Crippen MR) is 106 cm³/mol. The molecule has 6 nitrogen and oxygen atoms in total. The van der Waals surface area contributed by atoms with E-state index in [1.807, 2.05) is 25.1 Å². The summed E-state index contributed by atoms with van der Waals surface area (Å²) in [5.41, 5.74) is 0.000954. The molecule has 30 heavy (non-hydrogen) atoms. The van der Waals surface area contributed by atoms with Gasteiger partial charge in [-0.2, -0.15) is 13.2 Å². The van der Waals surface area contributed by atoms with Crippen molar-refractivity contribution in [2.45, 2.75) is 24.9 Å². The number of thioether (sulfide) groups is 1. The van der Waals surface area contributed by atoms with Crippen molar-refractivity contribution < 1.29 is 27.1 Å². The van der Waals surface area contributed by atoms with Crippen LogP contribution in [0.5, 0.6) is 5.75 Å². The molecule has 0 aliphatic rings. The maximum absolute atomic E-state index is 12.8. The number of hydrogen-bond donors (Lipinski definition) is 1. The summed E-state index contributed by atoms with van der Waals surface area (Å²) in [5, 5.41) is 10.1. The van der Waals surface area contributed by atoms with Crippen LogP contribution in [0.15, 0.2) is 52.1 Å². The van der Waals surface area contributed by atoms with E-state index in [1.165, 1.54) is 0 Å². The first kappa shape index (κ1) is 22.0. The van der Waals surface area contributed by atoms with Crippen LogP contribution in [0.4, 0.5) is 18.9 Å². The van der Waals surface area contributed by atoms with Crippen LogP contribution in [0.25, 0.3) is 0 Å². The van der Waals surface area contributed by atoms with E-state index in [1.54, 1.807) is 6.07 Å². The Kier molecular flexibility index (Phi) is 6.88. The van der Waals surface area contributed by atoms with Crippen molar-refractivity contribution in [1.82, 2.24) is 10.2 Å². The third-order valence-electron chi connectivity index (χ3n) is 3.69. The highest BCUT2D eigenvalue weighted by Gasteiger charge is 2.31. The van der Waals surface area contributed by atoms with Crippen LogP contribution >= 0.6 is 23.4 Å². The quantitative estimate of drug-likeness (QED) is 0.481. The minimum absolute atomic E-state index is 0.00489. The molecule has 11 heteroatoms. The van der Waals surface area contributed by atoms with Crippen LogP contribution < -0.4 is 10.1 Å². The maximum Gasteiger partial charge on any atom is 0.416 e. The van der Waals surface area contributed by atoms with Crippen LogP contribution in [0.2, 0.25) is 5.02 Å². The summed E-state index contributed by atoms with van der Waals surface area (Å²) in [4.78, 5) is 12.1. The van der Waals surface area contributed by atoms with Crippen LogP contribution in [-0.2, 0) is 17.6 Å². The molecule has 0 unspecified atom stereocenters. The largest absolute Gasteiger partial charge is 0.484 e. The number of carbonyl (C=O) groups is 1. The minimum atomic E-state index is -4.54. The lowest BCUT2D eigenvalue weighted by molar-refractivity contribution is -0.137. The number of ether oxygens (including phenoxy) is 1. The lowest BCUT2D eigenvalue weighted by atomic mass is 10.2. The van der Waals surface area contributed by atoms with E-state index in [2.05, 4.69) is 15.5 Å². The Morgan fingerprint density at radius 1 is 1.23 bits per heavy atom. The van der Waals surface area contributed by atoms with Gasteiger partial charge in [0.1, 0.15) is 5.75 Å². The number of alkyl halides is 3. The highest BCUT2D eigenvalue weighted by molar-refractivity contribution is 7.99. The third-order valence-corrected chi connectivity index (χ3v) is 4.84. The second-order valence-electron chi connectivity index (χ2n) is 6.10. The summed E-state index contributed by atoms with van der Waals surface area (Å²) in [6, 6.07) is 10.1. The zero-order valence-electron chi connectivity index (χ0n) is 15.5. The third kappa shape index (κ3) is 6.14. The molecule has 0 aliphatic carbocycles. The van der Waals surface area contributed by atoms with Gasteiger partial charge in [0, 0.05) is 0 Å². The molecule has 0 saturated heterocycles. The second kappa shape index (κ2) is 9.40. The molecular formula is C19H15ClF3N3O3S. The first-order valence-electron chi connectivity index (χ1n) is 8.52. The molecule has 0 fully saturated rings. The highest BCUT2D eigenvalue weighted by atomic mass is 35.5. The molecule has 1 N–H and O–H groups in total. The van der Waals surface area contributed by atoms with Gasteiger partial charge in [-0.25, -0.2) is 0 Å². The molecule has 1 heterocycles. The summed E-state index contributed by atoms with van der Waals surface area (Å²) in [6.45, 7) is 1.99. The standard InChI is InChI=1S/C19H15ClF3N3O3S/c1-11-3-2-4-13(7-11)28-9-17-25-26-18(29-17)30-10-16(27)24-15-8-12(19(21,22)23)5-6-14(15)20/h2-8H,9-10H2,1H3,(H,24,27). The number of amides is 1. The van der Waals surface area contributed by atoms with Gasteiger partial charge in [-0.3, -0.25) is 4.79 Å². The van der Waals surface area contributed by atoms with E-state index in [0.29, 0.717) is 5.75 Å². The van der Waals surface area contributed by atoms with Crippen molar-refractivity contribution in [1.29, 1.82) is 0 Å². The smallest absolute Gasteiger partial charge is 0.416 e. The SMILES string of the molecule is Cc1cccc(OCc2nnc(SCC(=O)Nc3cc(C(F)(F)F)ccc3Cl)o2)c1. The summed E-state index contributed by atoms with van der Waals surface area (Å²) >= 11 is 6.80. The highest BCUT2D eigenvalue weighted by Crippen LogP contribution is 2.34. The lowest BCUT2D eigenvalue weighted by Crippen LogP contribution is -2.15. The monoisotopic (exact) mass is 457 g/mol. The van der Waals surface area contributed by atoms with Gasteiger partial charge in [0.15, 0.2) is 6.61 Å². The number of carbonyl (C=O) groups excluding carboxylic acids is 1. The van der Waals surface area contributed by atoms with Crippen molar-refractivity contribution in [3.63, 3.8) is 0 Å². The average Bonchev–Trinajstić information content (AvgIpc) is 3.14. The fourth-order valence-electron chi connectivity index (χ4n) is 2.32. The Balaban J connectivity index is 1.52. The summed E-state index contributed by atoms with van der Waals surface area (Å²) < 4.78 is 49.3. The van der Waals surface area contributed by atoms with Crippen molar-refractivity contribution in [3.8, 4) is 5.75 Å². The summed E-state index contributed by atoms with van der Waals surface area (Å²) in [6.07, 6.45) is -4.54. The zero-order chi connectivity index (χ0) is 21.7. The lowest BCUT2D eigenvalue weighted by Gasteiger charge is -2.11. The van der Waals surface area contributed by atoms with Crippen LogP contribution in [0, 0.1) is 6.92 Å². The van der Waals surface area contributed by atoms with E-state index in [0.717, 1.165) is 35.5 Å². The number of benzene rings is 2. The van der Waals surface area contributed by atoms with Crippen molar-refractivity contribution in [2.24, 2.45) is 0 Å². The van der Waals surface area contributed by atoms with Gasteiger partial charge in [-0.15, -0.1) is 10.2 Å². The molecular weight excluding hydrogens is 443 g/mol. The Hall–Kier alpha value is -2.72. The van der Waals surface area contributed by atoms with Gasteiger partial charge in [0.05, 0.1) is 22.0 Å². The number of rotatable bonds is 7. The first-order valence-corrected chi connectivity index (χ1v) is 9.88. The maximum atomic E-state index is 12.8. The number of nitrogens with one attached hydrogen (secondary N) is 1. The van der Waals surface area contributed by atoms with Crippen LogP contribution in [-0.4, -0.2) is 21.9 Å². The van der Waals surface area contributed by atoms with Gasteiger partial charge in [0.2, 0.25) is 5.91 Å². The van der Waals surface area contributed by atoms with Gasteiger partial charge in [-0.1, -0.05) is 35.5 Å². The Bertz CT molecular complexity index is 1040. The molecule has 0 aliphatic heterocycles. The molecule has 1 amide bonds. The van der Waals surface area contributed by atoms with Gasteiger partial charge in [-0.05, 0) is 42.8 Å². The van der Waals surface area contributed by atoms with Gasteiger partial charge < -0.3 is 14.5 Å². The predicted octanol–water partition coefficient (Wildman–Crippen LogP) is 5.36. The number of halogens is 4. The Morgan fingerprint density at radius 2 is 2.03 bits per heavy atom. The molecule has 3 rings (SSSR count). The Labute approximate surface area is 178 Å². The number of aryl methyl sites for hydroxylation is 1. The number of anilines is 1. The Morgan fingerprint density at radius 3 is 2.77 bits per heavy atom. The van der Waals surface area contributed by atoms with Crippen LogP contribution in [0.1, 0.15) is 17.0 Å². The summed E-state index contributed by atoms with van der Waals surface area (Å²) in [7, 11) is 0. The minimum Gasteiger partial charge on any atom is -0.484 e. The molecule has 2 aromatic carbocycles. The van der Waals surface area contributed by atoms with E-state index in [9.17, 15) is 18.0 Å². The van der Waals surface area contributed by atoms with Gasteiger partial charge in [0.25, 0.3) is 11.1 Å². The molecule has 0 spiro atoms. The number of hydrogen-bond acceptors (Lipinski definition) is 6. The van der Waals surface area contributed by atoms with Crippen molar-refractivity contribution in [2.75, 3.05) is 11.1 Å². The molecule has 0 atom stereocenters. The average molecular weight is 458 g/mol. The molecule has 0 bridgehead atoms. The first-order chi connectivity index (χ1) is 14.2. The van der Waals surface area contributed by atoms with E-state index >= 15 is 0 Å². The number of nitrogens with zero attached hydrogens (tertiary/aromatic N) is 2. The van der Waals surface area contributed by atoms with E-state index in [4.69, 9.17) is 20.8 Å². The van der Waals surface area contributed by atoms with Crippen molar-refractivity contribution >= 4 is 35.0 Å². The van der Waals surface area contributed by atoms with Crippen molar-refractivity contribution in [3.05, 3.63) is 64.5 Å². The molecule has 1 aromatic heterocycles. The molecule has 0 radical (unpaired) electrons. The fourth-order valence-corrected chi connectivity index (χ4v) is 3.06. The zero-order valence-corrected chi connectivity index (χ0v) is 17.1. The van der Waals surface area contributed by atoms with Crippen LogP contribution in [0.3, 0.4) is 0 Å². The van der Waals surface area contributed by atoms with Gasteiger partial charge >= 0.3 is 6.18 Å². The molecule has 3 aromatic rings. The number of aromatic nitrogens is 2. The van der Waals surface area contributed by atoms with E-state index < -0.39 is 17.6 Å². The summed E-state index contributed by atoms with van der Waals surface area (Å²) in [5.74, 6) is 0.143. The topological polar surface area (TPSA) is 77.2 Å². The second-order valence-corrected chi connectivity index (χ2v) is 7.43. The fraction of sp³-hybridized carbons (Fsp3) is 0.211. The normalized spacial score (nSPS) is 11.4. The van der Waals surface area contributed by atoms with E-state index in [-0.39, 0.29) is 34.2 Å². The molecule has 0 saturated carbocycles.